The lowest BCUT2D eigenvalue weighted by molar-refractivity contribution is 0.341. The van der Waals surface area contributed by atoms with E-state index in [1.807, 2.05) is 31.2 Å². The second-order valence-corrected chi connectivity index (χ2v) is 3.80. The summed E-state index contributed by atoms with van der Waals surface area (Å²) in [4.78, 5) is 0. The van der Waals surface area contributed by atoms with Gasteiger partial charge in [0.2, 0.25) is 0 Å². The van der Waals surface area contributed by atoms with Gasteiger partial charge in [0.05, 0.1) is 6.61 Å². The van der Waals surface area contributed by atoms with Crippen LogP contribution in [0.5, 0.6) is 5.75 Å². The van der Waals surface area contributed by atoms with E-state index in [0.717, 1.165) is 5.75 Å². The first-order valence-electron chi connectivity index (χ1n) is 5.60. The molecule has 2 aromatic rings. The van der Waals surface area contributed by atoms with Gasteiger partial charge in [0.15, 0.2) is 0 Å². The predicted molar refractivity (Wildman–Crippen MR) is 67.8 cm³/mol. The Morgan fingerprint density at radius 3 is 2.44 bits per heavy atom. The van der Waals surface area contributed by atoms with Crippen LogP contribution in [-0.4, -0.2) is 6.61 Å². The fourth-order valence-electron chi connectivity index (χ4n) is 1.77. The van der Waals surface area contributed by atoms with Crippen LogP contribution in [0.3, 0.4) is 0 Å². The molecule has 0 aromatic heterocycles. The SMILES string of the molecule is CCOc1ccc(C)cc1-c1ccccc1. The smallest absolute Gasteiger partial charge is 0.127 e. The van der Waals surface area contributed by atoms with Gasteiger partial charge in [-0.1, -0.05) is 42.0 Å². The number of benzene rings is 2. The molecule has 0 aliphatic heterocycles. The lowest BCUT2D eigenvalue weighted by atomic mass is 10.0. The van der Waals surface area contributed by atoms with Gasteiger partial charge in [-0.2, -0.15) is 0 Å². The first-order valence-corrected chi connectivity index (χ1v) is 5.60. The number of hydrogen-bond acceptors (Lipinski definition) is 1. The van der Waals surface area contributed by atoms with Crippen molar-refractivity contribution in [3.05, 3.63) is 54.1 Å². The molecule has 0 N–H and O–H groups in total. The molecule has 0 unspecified atom stereocenters. The van der Waals surface area contributed by atoms with Gasteiger partial charge < -0.3 is 4.74 Å². The third kappa shape index (κ3) is 2.25. The average molecular weight is 212 g/mol. The number of ether oxygens (including phenoxy) is 1. The van der Waals surface area contributed by atoms with E-state index in [9.17, 15) is 0 Å². The predicted octanol–water partition coefficient (Wildman–Crippen LogP) is 4.06. The minimum absolute atomic E-state index is 0.697. The second-order valence-electron chi connectivity index (χ2n) is 3.80. The van der Waals surface area contributed by atoms with Gasteiger partial charge in [-0.15, -0.1) is 0 Å². The monoisotopic (exact) mass is 212 g/mol. The molecule has 0 fully saturated rings. The van der Waals surface area contributed by atoms with Crippen molar-refractivity contribution < 1.29 is 4.74 Å². The number of rotatable bonds is 3. The minimum atomic E-state index is 0.697. The molecule has 0 aliphatic rings. The van der Waals surface area contributed by atoms with E-state index >= 15 is 0 Å². The number of aryl methyl sites for hydroxylation is 1. The van der Waals surface area contributed by atoms with Crippen molar-refractivity contribution in [2.45, 2.75) is 13.8 Å². The molecule has 0 aliphatic carbocycles. The topological polar surface area (TPSA) is 9.23 Å². The van der Waals surface area contributed by atoms with Gasteiger partial charge in [0, 0.05) is 5.56 Å². The molecule has 1 heteroatoms. The van der Waals surface area contributed by atoms with Crippen LogP contribution < -0.4 is 4.74 Å². The average Bonchev–Trinajstić information content (AvgIpc) is 2.33. The van der Waals surface area contributed by atoms with Crippen molar-refractivity contribution in [3.63, 3.8) is 0 Å². The molecule has 0 heterocycles. The summed E-state index contributed by atoms with van der Waals surface area (Å²) in [7, 11) is 0. The van der Waals surface area contributed by atoms with Crippen LogP contribution in [0.2, 0.25) is 0 Å². The van der Waals surface area contributed by atoms with Crippen LogP contribution in [0.4, 0.5) is 0 Å². The van der Waals surface area contributed by atoms with Crippen LogP contribution >= 0.6 is 0 Å². The van der Waals surface area contributed by atoms with Gasteiger partial charge in [0.25, 0.3) is 0 Å². The van der Waals surface area contributed by atoms with Crippen molar-refractivity contribution in [2.75, 3.05) is 6.61 Å². The summed E-state index contributed by atoms with van der Waals surface area (Å²) in [5, 5.41) is 0. The highest BCUT2D eigenvalue weighted by Crippen LogP contribution is 2.30. The molecular formula is C15H16O. The Hall–Kier alpha value is -1.76. The van der Waals surface area contributed by atoms with E-state index in [1.165, 1.54) is 16.7 Å². The molecule has 0 saturated heterocycles. The Kier molecular flexibility index (Phi) is 3.25. The van der Waals surface area contributed by atoms with Gasteiger partial charge in [-0.3, -0.25) is 0 Å². The third-order valence-corrected chi connectivity index (χ3v) is 2.52. The van der Waals surface area contributed by atoms with Crippen molar-refractivity contribution in [2.24, 2.45) is 0 Å². The summed E-state index contributed by atoms with van der Waals surface area (Å²) in [5.74, 6) is 0.958. The van der Waals surface area contributed by atoms with Crippen LogP contribution in [0.1, 0.15) is 12.5 Å². The van der Waals surface area contributed by atoms with E-state index in [2.05, 4.69) is 31.2 Å². The molecule has 16 heavy (non-hydrogen) atoms. The molecule has 82 valence electrons. The zero-order valence-corrected chi connectivity index (χ0v) is 9.73. The maximum absolute atomic E-state index is 5.65. The molecule has 2 aromatic carbocycles. The van der Waals surface area contributed by atoms with Crippen LogP contribution in [0.15, 0.2) is 48.5 Å². The first-order chi connectivity index (χ1) is 7.81. The Bertz CT molecular complexity index is 460. The third-order valence-electron chi connectivity index (χ3n) is 2.52. The Morgan fingerprint density at radius 1 is 1.00 bits per heavy atom. The highest BCUT2D eigenvalue weighted by molar-refractivity contribution is 5.71. The van der Waals surface area contributed by atoms with Crippen molar-refractivity contribution in [1.29, 1.82) is 0 Å². The Morgan fingerprint density at radius 2 is 1.75 bits per heavy atom. The van der Waals surface area contributed by atoms with Gasteiger partial charge in [-0.05, 0) is 31.5 Å². The Balaban J connectivity index is 2.49. The summed E-state index contributed by atoms with van der Waals surface area (Å²) in [6, 6.07) is 16.6. The quantitative estimate of drug-likeness (QED) is 0.745. The molecule has 0 amide bonds. The summed E-state index contributed by atoms with van der Waals surface area (Å²) in [5.41, 5.74) is 3.62. The first kappa shape index (κ1) is 10.7. The summed E-state index contributed by atoms with van der Waals surface area (Å²) in [6.07, 6.45) is 0. The second kappa shape index (κ2) is 4.84. The van der Waals surface area contributed by atoms with Crippen LogP contribution in [0, 0.1) is 6.92 Å². The molecule has 0 atom stereocenters. The Labute approximate surface area is 96.7 Å². The fourth-order valence-corrected chi connectivity index (χ4v) is 1.77. The van der Waals surface area contributed by atoms with E-state index in [1.54, 1.807) is 0 Å². The zero-order chi connectivity index (χ0) is 11.4. The molecule has 0 bridgehead atoms. The summed E-state index contributed by atoms with van der Waals surface area (Å²) >= 11 is 0. The van der Waals surface area contributed by atoms with Crippen molar-refractivity contribution >= 4 is 0 Å². The lowest BCUT2D eigenvalue weighted by Crippen LogP contribution is -1.94. The molecule has 0 spiro atoms. The number of hydrogen-bond donors (Lipinski definition) is 0. The summed E-state index contributed by atoms with van der Waals surface area (Å²) < 4.78 is 5.65. The van der Waals surface area contributed by atoms with Crippen LogP contribution in [-0.2, 0) is 0 Å². The maximum atomic E-state index is 5.65. The van der Waals surface area contributed by atoms with E-state index in [-0.39, 0.29) is 0 Å². The maximum Gasteiger partial charge on any atom is 0.127 e. The highest BCUT2D eigenvalue weighted by Gasteiger charge is 2.05. The van der Waals surface area contributed by atoms with Gasteiger partial charge in [0.1, 0.15) is 5.75 Å². The lowest BCUT2D eigenvalue weighted by Gasteiger charge is -2.11. The van der Waals surface area contributed by atoms with E-state index in [0.29, 0.717) is 6.61 Å². The highest BCUT2D eigenvalue weighted by atomic mass is 16.5. The summed E-state index contributed by atoms with van der Waals surface area (Å²) in [6.45, 7) is 4.81. The normalized spacial score (nSPS) is 10.1. The van der Waals surface area contributed by atoms with Crippen LogP contribution in [0.25, 0.3) is 11.1 Å². The van der Waals surface area contributed by atoms with E-state index in [4.69, 9.17) is 4.74 Å². The van der Waals surface area contributed by atoms with Gasteiger partial charge >= 0.3 is 0 Å². The minimum Gasteiger partial charge on any atom is -0.493 e. The van der Waals surface area contributed by atoms with Crippen molar-refractivity contribution in [1.82, 2.24) is 0 Å². The van der Waals surface area contributed by atoms with Gasteiger partial charge in [-0.25, -0.2) is 0 Å². The van der Waals surface area contributed by atoms with E-state index < -0.39 is 0 Å². The molecule has 1 nitrogen and oxygen atoms in total. The molecular weight excluding hydrogens is 196 g/mol. The largest absolute Gasteiger partial charge is 0.493 e. The molecule has 0 radical (unpaired) electrons. The fraction of sp³-hybridized carbons (Fsp3) is 0.200. The molecule has 0 saturated carbocycles. The molecule has 2 rings (SSSR count). The zero-order valence-electron chi connectivity index (χ0n) is 9.73. The standard InChI is InChI=1S/C15H16O/c1-3-16-15-10-9-12(2)11-14(15)13-7-5-4-6-8-13/h4-11H,3H2,1-2H3. The van der Waals surface area contributed by atoms with Crippen molar-refractivity contribution in [3.8, 4) is 16.9 Å².